The van der Waals surface area contributed by atoms with Crippen LogP contribution in [0.5, 0.6) is 0 Å². The Morgan fingerprint density at radius 3 is 2.79 bits per heavy atom. The van der Waals surface area contributed by atoms with E-state index in [9.17, 15) is 18.0 Å². The zero-order valence-electron chi connectivity index (χ0n) is 18.8. The van der Waals surface area contributed by atoms with Crippen LogP contribution in [0, 0.1) is 5.92 Å². The molecule has 1 amide bonds. The summed E-state index contributed by atoms with van der Waals surface area (Å²) in [6.45, 7) is 1.04. The number of hydrogen-bond donors (Lipinski definition) is 1. The fourth-order valence-corrected chi connectivity index (χ4v) is 6.48. The summed E-state index contributed by atoms with van der Waals surface area (Å²) in [6.07, 6.45) is 5.46. The number of amides is 1. The van der Waals surface area contributed by atoms with Gasteiger partial charge in [-0.2, -0.15) is 13.2 Å². The molecule has 2 bridgehead atoms. The molecule has 1 saturated heterocycles. The van der Waals surface area contributed by atoms with E-state index in [1.807, 2.05) is 6.07 Å². The molecule has 6 heteroatoms. The van der Waals surface area contributed by atoms with E-state index < -0.39 is 11.7 Å². The second-order valence-corrected chi connectivity index (χ2v) is 9.68. The van der Waals surface area contributed by atoms with Crippen molar-refractivity contribution in [3.63, 3.8) is 0 Å². The van der Waals surface area contributed by atoms with Crippen molar-refractivity contribution in [2.45, 2.75) is 56.2 Å². The number of alkyl halides is 3. The van der Waals surface area contributed by atoms with Gasteiger partial charge in [0.1, 0.15) is 0 Å². The lowest BCUT2D eigenvalue weighted by Gasteiger charge is -2.56. The van der Waals surface area contributed by atoms with Gasteiger partial charge in [0.05, 0.1) is 5.56 Å². The maximum absolute atomic E-state index is 13.0. The van der Waals surface area contributed by atoms with Crippen LogP contribution in [0.1, 0.15) is 54.4 Å². The summed E-state index contributed by atoms with van der Waals surface area (Å²) in [5, 5.41) is 3.74. The minimum Gasteiger partial charge on any atom is -0.313 e. The van der Waals surface area contributed by atoms with Crippen LogP contribution in [0.2, 0.25) is 0 Å². The van der Waals surface area contributed by atoms with Gasteiger partial charge in [-0.15, -0.1) is 0 Å². The van der Waals surface area contributed by atoms with Crippen molar-refractivity contribution in [3.8, 4) is 0 Å². The third kappa shape index (κ3) is 3.88. The van der Waals surface area contributed by atoms with Crippen LogP contribution in [0.15, 0.2) is 48.5 Å². The molecule has 1 aliphatic heterocycles. The molecule has 0 spiro atoms. The zero-order chi connectivity index (χ0) is 23.2. The maximum atomic E-state index is 13.0. The van der Waals surface area contributed by atoms with Crippen LogP contribution in [-0.4, -0.2) is 25.5 Å². The van der Waals surface area contributed by atoms with Crippen molar-refractivity contribution in [2.75, 3.05) is 18.5 Å². The van der Waals surface area contributed by atoms with Gasteiger partial charge in [-0.1, -0.05) is 37.1 Å². The highest BCUT2D eigenvalue weighted by molar-refractivity contribution is 6.04. The third-order valence-corrected chi connectivity index (χ3v) is 8.00. The molecule has 3 aliphatic rings. The van der Waals surface area contributed by atoms with Crippen molar-refractivity contribution in [2.24, 2.45) is 5.92 Å². The second kappa shape index (κ2) is 8.32. The highest BCUT2D eigenvalue weighted by Crippen LogP contribution is 2.55. The Hall–Kier alpha value is -2.60. The topological polar surface area (TPSA) is 32.3 Å². The Bertz CT molecular complexity index is 1090. The van der Waals surface area contributed by atoms with E-state index in [0.717, 1.165) is 37.2 Å². The molecule has 2 fully saturated rings. The van der Waals surface area contributed by atoms with E-state index in [-0.39, 0.29) is 11.3 Å². The molecule has 33 heavy (non-hydrogen) atoms. The van der Waals surface area contributed by atoms with Gasteiger partial charge in [0.15, 0.2) is 0 Å². The number of nitrogens with one attached hydrogen (secondary N) is 1. The number of benzene rings is 2. The predicted molar refractivity (Wildman–Crippen MR) is 124 cm³/mol. The normalized spacial score (nSPS) is 26.5. The van der Waals surface area contributed by atoms with Gasteiger partial charge in [0.2, 0.25) is 0 Å². The van der Waals surface area contributed by atoms with Gasteiger partial charge in [-0.3, -0.25) is 4.79 Å². The van der Waals surface area contributed by atoms with E-state index in [4.69, 9.17) is 0 Å². The fourth-order valence-electron chi connectivity index (χ4n) is 6.48. The SMILES string of the molecule is CN(C(=O)C=Cc1cccc(C(F)(F)F)c1)c1cccc2c1C[C@H]1NCC[C@@]23CCCC[C@@H]13. The molecule has 174 valence electrons. The van der Waals surface area contributed by atoms with Gasteiger partial charge < -0.3 is 10.2 Å². The number of piperidine rings is 1. The van der Waals surface area contributed by atoms with Crippen molar-refractivity contribution in [3.05, 3.63) is 70.8 Å². The van der Waals surface area contributed by atoms with Crippen LogP contribution in [0.3, 0.4) is 0 Å². The van der Waals surface area contributed by atoms with Crippen LogP contribution in [0.25, 0.3) is 6.08 Å². The van der Waals surface area contributed by atoms with Gasteiger partial charge in [0.25, 0.3) is 5.91 Å². The van der Waals surface area contributed by atoms with E-state index in [0.29, 0.717) is 17.5 Å². The number of nitrogens with zero attached hydrogens (tertiary/aromatic N) is 1. The van der Waals surface area contributed by atoms with E-state index in [1.165, 1.54) is 55.0 Å². The van der Waals surface area contributed by atoms with Crippen molar-refractivity contribution < 1.29 is 18.0 Å². The summed E-state index contributed by atoms with van der Waals surface area (Å²) >= 11 is 0. The molecule has 1 heterocycles. The molecule has 2 aliphatic carbocycles. The Kier molecular flexibility index (Phi) is 5.60. The van der Waals surface area contributed by atoms with Gasteiger partial charge >= 0.3 is 6.18 Å². The lowest BCUT2D eigenvalue weighted by Crippen LogP contribution is -2.59. The van der Waals surface area contributed by atoms with Gasteiger partial charge in [0, 0.05) is 30.3 Å². The van der Waals surface area contributed by atoms with E-state index in [1.54, 1.807) is 18.0 Å². The Labute approximate surface area is 192 Å². The minimum absolute atomic E-state index is 0.204. The van der Waals surface area contributed by atoms with Crippen molar-refractivity contribution >= 4 is 17.7 Å². The standard InChI is InChI=1S/C27H29F3N2O/c1-32(25(33)12-11-18-6-4-7-19(16-18)27(28,29)30)24-10-5-9-21-20(24)17-23-22-8-2-3-13-26(21,22)14-15-31-23/h4-7,9-12,16,22-23,31H,2-3,8,13-15,17H2,1H3/t22-,23+,26-/m0/s1. The van der Waals surface area contributed by atoms with E-state index in [2.05, 4.69) is 17.4 Å². The fraction of sp³-hybridized carbons (Fsp3) is 0.444. The molecular formula is C27H29F3N2O. The van der Waals surface area contributed by atoms with Crippen molar-refractivity contribution in [1.29, 1.82) is 0 Å². The maximum Gasteiger partial charge on any atom is 0.416 e. The van der Waals surface area contributed by atoms with Gasteiger partial charge in [-0.25, -0.2) is 0 Å². The summed E-state index contributed by atoms with van der Waals surface area (Å²) < 4.78 is 39.0. The second-order valence-electron chi connectivity index (χ2n) is 9.68. The number of rotatable bonds is 3. The van der Waals surface area contributed by atoms with E-state index >= 15 is 0 Å². The Balaban J connectivity index is 1.43. The largest absolute Gasteiger partial charge is 0.416 e. The molecule has 0 radical (unpaired) electrons. The first-order valence-electron chi connectivity index (χ1n) is 11.8. The number of anilines is 1. The monoisotopic (exact) mass is 454 g/mol. The zero-order valence-corrected chi connectivity index (χ0v) is 18.8. The summed E-state index contributed by atoms with van der Waals surface area (Å²) in [5.41, 5.74) is 3.39. The number of halogens is 3. The number of hydrogen-bond acceptors (Lipinski definition) is 2. The molecule has 0 aromatic heterocycles. The molecule has 5 rings (SSSR count). The lowest BCUT2D eigenvalue weighted by molar-refractivity contribution is -0.137. The summed E-state index contributed by atoms with van der Waals surface area (Å²) in [7, 11) is 1.75. The Morgan fingerprint density at radius 1 is 1.15 bits per heavy atom. The number of likely N-dealkylation sites (N-methyl/N-ethyl adjacent to an activating group) is 1. The number of carbonyl (C=O) groups excluding carboxylic acids is 1. The van der Waals surface area contributed by atoms with Crippen molar-refractivity contribution in [1.82, 2.24) is 5.32 Å². The quantitative estimate of drug-likeness (QED) is 0.601. The predicted octanol–water partition coefficient (Wildman–Crippen LogP) is 5.73. The first-order chi connectivity index (χ1) is 15.8. The number of fused-ring (bicyclic) bond motifs is 1. The summed E-state index contributed by atoms with van der Waals surface area (Å²) in [5.74, 6) is 0.409. The molecule has 1 N–H and O–H groups in total. The summed E-state index contributed by atoms with van der Waals surface area (Å²) in [4.78, 5) is 14.7. The molecule has 2 aromatic rings. The lowest BCUT2D eigenvalue weighted by atomic mass is 9.52. The van der Waals surface area contributed by atoms with Gasteiger partial charge in [-0.05, 0) is 79.1 Å². The highest BCUT2D eigenvalue weighted by atomic mass is 19.4. The molecule has 1 saturated carbocycles. The molecule has 3 nitrogen and oxygen atoms in total. The minimum atomic E-state index is -4.41. The average molecular weight is 455 g/mol. The molecule has 3 atom stereocenters. The molecule has 2 aromatic carbocycles. The van der Waals surface area contributed by atoms with Crippen LogP contribution in [-0.2, 0) is 22.8 Å². The first-order valence-corrected chi connectivity index (χ1v) is 11.8. The third-order valence-electron chi connectivity index (χ3n) is 8.00. The molecular weight excluding hydrogens is 425 g/mol. The van der Waals surface area contributed by atoms with Crippen LogP contribution < -0.4 is 10.2 Å². The smallest absolute Gasteiger partial charge is 0.313 e. The number of carbonyl (C=O) groups is 1. The Morgan fingerprint density at radius 2 is 1.97 bits per heavy atom. The first kappa shape index (κ1) is 22.2. The molecule has 0 unspecified atom stereocenters. The van der Waals surface area contributed by atoms with Crippen LogP contribution >= 0.6 is 0 Å². The highest BCUT2D eigenvalue weighted by Gasteiger charge is 2.51. The van der Waals surface area contributed by atoms with Crippen LogP contribution in [0.4, 0.5) is 18.9 Å². The summed E-state index contributed by atoms with van der Waals surface area (Å²) in [6, 6.07) is 11.8. The average Bonchev–Trinajstić information content (AvgIpc) is 2.81.